The van der Waals surface area contributed by atoms with Crippen molar-refractivity contribution in [3.63, 3.8) is 0 Å². The van der Waals surface area contributed by atoms with Gasteiger partial charge in [0, 0.05) is 23.3 Å². The van der Waals surface area contributed by atoms with Crippen LogP contribution in [0.1, 0.15) is 6.42 Å². The van der Waals surface area contributed by atoms with E-state index in [1.807, 2.05) is 36.4 Å². The Balaban J connectivity index is 0.000000491. The van der Waals surface area contributed by atoms with E-state index in [-0.39, 0.29) is 5.69 Å². The van der Waals surface area contributed by atoms with Crippen molar-refractivity contribution in [2.75, 3.05) is 37.6 Å². The molecular formula is C19H23BClF4N5O. The molecule has 0 radical (unpaired) electrons. The number of aromatic nitrogens is 3. The van der Waals surface area contributed by atoms with Gasteiger partial charge in [0.2, 0.25) is 0 Å². The van der Waals surface area contributed by atoms with Gasteiger partial charge in [-0.25, -0.2) is 9.48 Å². The van der Waals surface area contributed by atoms with Gasteiger partial charge in [-0.05, 0) is 30.3 Å². The van der Waals surface area contributed by atoms with Crippen LogP contribution in [-0.4, -0.2) is 54.2 Å². The lowest BCUT2D eigenvalue weighted by molar-refractivity contribution is -0.900. The number of nitrogens with one attached hydrogen (secondary N) is 1. The largest absolute Gasteiger partial charge is 0.673 e. The minimum absolute atomic E-state index is 0.0543. The van der Waals surface area contributed by atoms with Crippen molar-refractivity contribution >= 4 is 30.2 Å². The number of benzene rings is 1. The second-order valence-corrected chi connectivity index (χ2v) is 7.69. The van der Waals surface area contributed by atoms with Crippen molar-refractivity contribution in [1.82, 2.24) is 14.2 Å². The fraction of sp³-hybridized carbons (Fsp3) is 0.368. The van der Waals surface area contributed by atoms with E-state index in [1.165, 1.54) is 5.69 Å². The van der Waals surface area contributed by atoms with Crippen LogP contribution in [0.4, 0.5) is 23.0 Å². The second-order valence-electron chi connectivity index (χ2n) is 7.25. The zero-order valence-corrected chi connectivity index (χ0v) is 17.5. The molecule has 3 heterocycles. The SMILES string of the molecule is F[B-](F)(F)F.O=c1n(CCC[NH+]2CCN(c3cccc(Cl)c3)CC2)nc2ccccn12. The molecule has 31 heavy (non-hydrogen) atoms. The molecule has 12 heteroatoms. The fourth-order valence-electron chi connectivity index (χ4n) is 3.60. The third-order valence-electron chi connectivity index (χ3n) is 5.03. The average molecular weight is 460 g/mol. The second kappa shape index (κ2) is 10.2. The summed E-state index contributed by atoms with van der Waals surface area (Å²) in [4.78, 5) is 16.3. The lowest BCUT2D eigenvalue weighted by atomic mass is 10.2. The summed E-state index contributed by atoms with van der Waals surface area (Å²) >= 11 is 6.09. The summed E-state index contributed by atoms with van der Waals surface area (Å²) in [6.07, 6.45) is 2.72. The van der Waals surface area contributed by atoms with Crippen LogP contribution in [-0.2, 0) is 6.54 Å². The highest BCUT2D eigenvalue weighted by Crippen LogP contribution is 2.19. The number of anilines is 1. The minimum Gasteiger partial charge on any atom is -0.418 e. The van der Waals surface area contributed by atoms with E-state index in [0.29, 0.717) is 12.2 Å². The molecular weight excluding hydrogens is 437 g/mol. The molecule has 1 aliphatic rings. The van der Waals surface area contributed by atoms with E-state index < -0.39 is 7.25 Å². The Morgan fingerprint density at radius 1 is 1.06 bits per heavy atom. The molecule has 0 unspecified atom stereocenters. The lowest BCUT2D eigenvalue weighted by Gasteiger charge is -2.33. The van der Waals surface area contributed by atoms with Crippen LogP contribution in [0.2, 0.25) is 5.02 Å². The number of halogens is 5. The number of aryl methyl sites for hydroxylation is 1. The zero-order chi connectivity index (χ0) is 22.4. The van der Waals surface area contributed by atoms with Gasteiger partial charge in [-0.1, -0.05) is 23.7 Å². The summed E-state index contributed by atoms with van der Waals surface area (Å²) in [5, 5.41) is 5.18. The quantitative estimate of drug-likeness (QED) is 0.470. The number of rotatable bonds is 5. The first-order valence-electron chi connectivity index (χ1n) is 9.96. The average Bonchev–Trinajstić information content (AvgIpc) is 3.03. The number of nitrogens with zero attached hydrogens (tertiary/aromatic N) is 4. The van der Waals surface area contributed by atoms with Crippen molar-refractivity contribution in [2.24, 2.45) is 0 Å². The maximum Gasteiger partial charge on any atom is 0.673 e. The van der Waals surface area contributed by atoms with Crippen LogP contribution in [0.3, 0.4) is 0 Å². The number of pyridine rings is 1. The van der Waals surface area contributed by atoms with E-state index in [4.69, 9.17) is 11.6 Å². The van der Waals surface area contributed by atoms with Gasteiger partial charge in [0.15, 0.2) is 5.65 Å². The van der Waals surface area contributed by atoms with Gasteiger partial charge in [-0.15, -0.1) is 5.10 Å². The normalized spacial score (nSPS) is 15.1. The summed E-state index contributed by atoms with van der Waals surface area (Å²) in [6, 6.07) is 13.7. The predicted octanol–water partition coefficient (Wildman–Crippen LogP) is 2.24. The number of piperazine rings is 1. The van der Waals surface area contributed by atoms with Crippen LogP contribution in [0.5, 0.6) is 0 Å². The molecule has 1 aromatic carbocycles. The molecule has 0 saturated carbocycles. The van der Waals surface area contributed by atoms with E-state index >= 15 is 0 Å². The predicted molar refractivity (Wildman–Crippen MR) is 113 cm³/mol. The van der Waals surface area contributed by atoms with Crippen LogP contribution in [0, 0.1) is 0 Å². The van der Waals surface area contributed by atoms with Crippen LogP contribution in [0.25, 0.3) is 5.65 Å². The van der Waals surface area contributed by atoms with Gasteiger partial charge in [0.25, 0.3) is 0 Å². The molecule has 0 amide bonds. The van der Waals surface area contributed by atoms with Gasteiger partial charge in [-0.2, -0.15) is 0 Å². The van der Waals surface area contributed by atoms with Crippen molar-refractivity contribution in [2.45, 2.75) is 13.0 Å². The number of quaternary nitrogens is 1. The Morgan fingerprint density at radius 2 is 1.77 bits per heavy atom. The van der Waals surface area contributed by atoms with Gasteiger partial charge in [-0.3, -0.25) is 4.40 Å². The molecule has 1 aliphatic heterocycles. The summed E-state index contributed by atoms with van der Waals surface area (Å²) in [7, 11) is -6.00. The van der Waals surface area contributed by atoms with E-state index in [1.54, 1.807) is 20.2 Å². The monoisotopic (exact) mass is 459 g/mol. The molecule has 6 nitrogen and oxygen atoms in total. The molecule has 1 fully saturated rings. The number of hydrogen-bond acceptors (Lipinski definition) is 3. The highest BCUT2D eigenvalue weighted by atomic mass is 35.5. The summed E-state index contributed by atoms with van der Waals surface area (Å²) in [5.41, 5.74) is 1.86. The Labute approximate surface area is 181 Å². The van der Waals surface area contributed by atoms with Crippen molar-refractivity contribution in [3.05, 3.63) is 64.2 Å². The Hall–Kier alpha value is -2.53. The third-order valence-corrected chi connectivity index (χ3v) is 5.27. The van der Waals surface area contributed by atoms with Gasteiger partial charge in [0.1, 0.15) is 0 Å². The molecule has 1 saturated heterocycles. The lowest BCUT2D eigenvalue weighted by Crippen LogP contribution is -3.14. The third kappa shape index (κ3) is 7.00. The first-order valence-corrected chi connectivity index (χ1v) is 10.3. The Morgan fingerprint density at radius 3 is 2.42 bits per heavy atom. The number of hydrogen-bond donors (Lipinski definition) is 1. The smallest absolute Gasteiger partial charge is 0.418 e. The summed E-state index contributed by atoms with van der Waals surface area (Å²) in [5.74, 6) is 0. The van der Waals surface area contributed by atoms with Gasteiger partial charge < -0.3 is 27.1 Å². The summed E-state index contributed by atoms with van der Waals surface area (Å²) < 4.78 is 42.2. The topological polar surface area (TPSA) is 47.0 Å². The van der Waals surface area contributed by atoms with Crippen molar-refractivity contribution < 1.29 is 22.2 Å². The molecule has 0 atom stereocenters. The number of fused-ring (bicyclic) bond motifs is 1. The zero-order valence-electron chi connectivity index (χ0n) is 16.7. The molecule has 0 aliphatic carbocycles. The maximum atomic E-state index is 12.3. The first-order chi connectivity index (χ1) is 14.7. The van der Waals surface area contributed by atoms with E-state index in [9.17, 15) is 22.1 Å². The van der Waals surface area contributed by atoms with Crippen LogP contribution >= 0.6 is 11.6 Å². The molecule has 168 valence electrons. The van der Waals surface area contributed by atoms with Gasteiger partial charge >= 0.3 is 12.9 Å². The molecule has 0 bridgehead atoms. The molecule has 3 aromatic rings. The molecule has 2 aromatic heterocycles. The molecule has 0 spiro atoms. The van der Waals surface area contributed by atoms with E-state index in [2.05, 4.69) is 16.1 Å². The maximum absolute atomic E-state index is 12.3. The molecule has 4 rings (SSSR count). The van der Waals surface area contributed by atoms with Crippen molar-refractivity contribution in [1.29, 1.82) is 0 Å². The summed E-state index contributed by atoms with van der Waals surface area (Å²) in [6.45, 7) is 6.00. The van der Waals surface area contributed by atoms with Crippen molar-refractivity contribution in [3.8, 4) is 0 Å². The van der Waals surface area contributed by atoms with E-state index in [0.717, 1.165) is 44.2 Å². The fourth-order valence-corrected chi connectivity index (χ4v) is 3.78. The Kier molecular flexibility index (Phi) is 7.61. The highest BCUT2D eigenvalue weighted by Gasteiger charge is 2.21. The van der Waals surface area contributed by atoms with Crippen LogP contribution < -0.4 is 15.5 Å². The standard InChI is InChI=1S/C19H22ClN5O.BF4/c20-16-5-3-6-17(15-16)23-13-11-22(12-14-23)8-4-10-25-19(26)24-9-2-1-7-18(24)21-25;2-1(3,4)5/h1-3,5-7,9,15H,4,8,10-14H2;/q;-1/p+1. The highest BCUT2D eigenvalue weighted by molar-refractivity contribution is 6.50. The first kappa shape index (κ1) is 23.1. The van der Waals surface area contributed by atoms with Gasteiger partial charge in [0.05, 0.1) is 39.3 Å². The van der Waals surface area contributed by atoms with Crippen LogP contribution in [0.15, 0.2) is 53.5 Å². The molecule has 1 N–H and O–H groups in total. The Bertz CT molecular complexity index is 1040. The minimum atomic E-state index is -6.00.